The van der Waals surface area contributed by atoms with Crippen LogP contribution in [0.2, 0.25) is 0 Å². The Kier molecular flexibility index (Phi) is 5.58. The van der Waals surface area contributed by atoms with Crippen LogP contribution in [-0.2, 0) is 4.79 Å². The minimum atomic E-state index is 0.125. The maximum atomic E-state index is 12.1. The third kappa shape index (κ3) is 4.06. The first-order valence-corrected chi connectivity index (χ1v) is 7.78. The SMILES string of the molecule is CCNc1ncc(Br)c(NCC(=O)N2CCCCC2)n1. The molecule has 1 aromatic rings. The van der Waals surface area contributed by atoms with Crippen LogP contribution < -0.4 is 10.6 Å². The lowest BCUT2D eigenvalue weighted by Crippen LogP contribution is -2.39. The summed E-state index contributed by atoms with van der Waals surface area (Å²) in [6.45, 7) is 4.75. The topological polar surface area (TPSA) is 70.2 Å². The van der Waals surface area contributed by atoms with Crippen LogP contribution in [0.4, 0.5) is 11.8 Å². The molecule has 1 aromatic heterocycles. The van der Waals surface area contributed by atoms with Crippen LogP contribution in [0, 0.1) is 0 Å². The van der Waals surface area contributed by atoms with Crippen molar-refractivity contribution in [2.24, 2.45) is 0 Å². The molecule has 0 atom stereocenters. The molecule has 1 amide bonds. The monoisotopic (exact) mass is 341 g/mol. The molecule has 2 N–H and O–H groups in total. The smallest absolute Gasteiger partial charge is 0.241 e. The molecule has 0 aromatic carbocycles. The van der Waals surface area contributed by atoms with Gasteiger partial charge in [0.25, 0.3) is 0 Å². The second-order valence-electron chi connectivity index (χ2n) is 4.72. The lowest BCUT2D eigenvalue weighted by atomic mass is 10.1. The number of likely N-dealkylation sites (tertiary alicyclic amines) is 1. The number of amides is 1. The van der Waals surface area contributed by atoms with Gasteiger partial charge in [0.05, 0.1) is 11.0 Å². The van der Waals surface area contributed by atoms with Crippen molar-refractivity contribution in [1.82, 2.24) is 14.9 Å². The van der Waals surface area contributed by atoms with E-state index in [1.165, 1.54) is 6.42 Å². The van der Waals surface area contributed by atoms with E-state index in [4.69, 9.17) is 0 Å². The lowest BCUT2D eigenvalue weighted by Gasteiger charge is -2.26. The third-order valence-corrected chi connectivity index (χ3v) is 3.78. The van der Waals surface area contributed by atoms with Gasteiger partial charge >= 0.3 is 0 Å². The number of hydrogen-bond donors (Lipinski definition) is 2. The van der Waals surface area contributed by atoms with Gasteiger partial charge in [-0.2, -0.15) is 4.98 Å². The summed E-state index contributed by atoms with van der Waals surface area (Å²) in [7, 11) is 0. The first-order valence-electron chi connectivity index (χ1n) is 6.98. The Labute approximate surface area is 127 Å². The number of aromatic nitrogens is 2. The van der Waals surface area contributed by atoms with Crippen molar-refractivity contribution in [3.05, 3.63) is 10.7 Å². The second-order valence-corrected chi connectivity index (χ2v) is 5.57. The fourth-order valence-corrected chi connectivity index (χ4v) is 2.48. The average molecular weight is 342 g/mol. The quantitative estimate of drug-likeness (QED) is 0.858. The largest absolute Gasteiger partial charge is 0.360 e. The Bertz CT molecular complexity index is 462. The second kappa shape index (κ2) is 7.42. The number of nitrogens with zero attached hydrogens (tertiary/aromatic N) is 3. The summed E-state index contributed by atoms with van der Waals surface area (Å²) in [6, 6.07) is 0. The van der Waals surface area contributed by atoms with Gasteiger partial charge in [-0.1, -0.05) is 0 Å². The van der Waals surface area contributed by atoms with Crippen molar-refractivity contribution >= 4 is 33.6 Å². The van der Waals surface area contributed by atoms with E-state index in [0.29, 0.717) is 11.8 Å². The van der Waals surface area contributed by atoms with Gasteiger partial charge in [-0.25, -0.2) is 4.98 Å². The molecule has 0 unspecified atom stereocenters. The Balaban J connectivity index is 1.92. The van der Waals surface area contributed by atoms with E-state index < -0.39 is 0 Å². The molecule has 110 valence electrons. The molecule has 0 aliphatic carbocycles. The van der Waals surface area contributed by atoms with Crippen molar-refractivity contribution in [3.8, 4) is 0 Å². The van der Waals surface area contributed by atoms with E-state index in [9.17, 15) is 4.79 Å². The van der Waals surface area contributed by atoms with Crippen LogP contribution in [0.1, 0.15) is 26.2 Å². The van der Waals surface area contributed by atoms with Crippen LogP contribution in [0.25, 0.3) is 0 Å². The van der Waals surface area contributed by atoms with E-state index in [1.807, 2.05) is 11.8 Å². The first-order chi connectivity index (χ1) is 9.70. The van der Waals surface area contributed by atoms with Crippen molar-refractivity contribution in [2.75, 3.05) is 36.8 Å². The van der Waals surface area contributed by atoms with Crippen molar-refractivity contribution in [2.45, 2.75) is 26.2 Å². The maximum absolute atomic E-state index is 12.1. The highest BCUT2D eigenvalue weighted by Gasteiger charge is 2.16. The van der Waals surface area contributed by atoms with Gasteiger partial charge in [-0.15, -0.1) is 0 Å². The first kappa shape index (κ1) is 15.0. The molecular formula is C13H20BrN5O. The molecule has 6 nitrogen and oxygen atoms in total. The zero-order valence-electron chi connectivity index (χ0n) is 11.7. The highest BCUT2D eigenvalue weighted by atomic mass is 79.9. The lowest BCUT2D eigenvalue weighted by molar-refractivity contribution is -0.130. The Hall–Kier alpha value is -1.37. The summed E-state index contributed by atoms with van der Waals surface area (Å²) in [5, 5.41) is 6.13. The van der Waals surface area contributed by atoms with Gasteiger partial charge in [0, 0.05) is 25.8 Å². The Morgan fingerprint density at radius 2 is 2.10 bits per heavy atom. The molecule has 0 saturated carbocycles. The molecule has 1 aliphatic rings. The summed E-state index contributed by atoms with van der Waals surface area (Å²) in [5.74, 6) is 1.32. The predicted octanol–water partition coefficient (Wildman–Crippen LogP) is 2.10. The number of halogens is 1. The molecule has 7 heteroatoms. The Morgan fingerprint density at radius 1 is 1.35 bits per heavy atom. The van der Waals surface area contributed by atoms with Crippen molar-refractivity contribution in [3.63, 3.8) is 0 Å². The van der Waals surface area contributed by atoms with Crippen LogP contribution >= 0.6 is 15.9 Å². The van der Waals surface area contributed by atoms with Crippen LogP contribution in [0.15, 0.2) is 10.7 Å². The zero-order valence-corrected chi connectivity index (χ0v) is 13.2. The minimum Gasteiger partial charge on any atom is -0.360 e. The number of carbonyl (C=O) groups excluding carboxylic acids is 1. The molecule has 1 fully saturated rings. The molecule has 0 spiro atoms. The summed E-state index contributed by atoms with van der Waals surface area (Å²) in [5.41, 5.74) is 0. The number of nitrogens with one attached hydrogen (secondary N) is 2. The normalized spacial score (nSPS) is 15.0. The molecule has 1 aliphatic heterocycles. The summed E-state index contributed by atoms with van der Waals surface area (Å²) >= 11 is 3.39. The van der Waals surface area contributed by atoms with E-state index in [0.717, 1.165) is 36.9 Å². The summed E-state index contributed by atoms with van der Waals surface area (Å²) in [6.07, 6.45) is 5.11. The summed E-state index contributed by atoms with van der Waals surface area (Å²) < 4.78 is 0.755. The van der Waals surface area contributed by atoms with E-state index >= 15 is 0 Å². The van der Waals surface area contributed by atoms with E-state index in [2.05, 4.69) is 36.5 Å². The molecule has 0 bridgehead atoms. The predicted molar refractivity (Wildman–Crippen MR) is 82.8 cm³/mol. The van der Waals surface area contributed by atoms with Gasteiger partial charge in [0.15, 0.2) is 0 Å². The maximum Gasteiger partial charge on any atom is 0.241 e. The fraction of sp³-hybridized carbons (Fsp3) is 0.615. The van der Waals surface area contributed by atoms with Gasteiger partial charge in [-0.3, -0.25) is 4.79 Å². The number of carbonyl (C=O) groups is 1. The standard InChI is InChI=1S/C13H20BrN5O/c1-2-15-13-17-8-10(14)12(18-13)16-9-11(20)19-6-4-3-5-7-19/h8H,2-7,9H2,1H3,(H2,15,16,17,18). The van der Waals surface area contributed by atoms with Gasteiger partial charge in [-0.05, 0) is 42.1 Å². The minimum absolute atomic E-state index is 0.125. The van der Waals surface area contributed by atoms with E-state index in [1.54, 1.807) is 6.20 Å². The van der Waals surface area contributed by atoms with Crippen LogP contribution in [-0.4, -0.2) is 47.0 Å². The van der Waals surface area contributed by atoms with Gasteiger partial charge < -0.3 is 15.5 Å². The number of piperidine rings is 1. The number of anilines is 2. The molecule has 2 heterocycles. The van der Waals surface area contributed by atoms with Crippen molar-refractivity contribution < 1.29 is 4.79 Å². The Morgan fingerprint density at radius 3 is 2.80 bits per heavy atom. The summed E-state index contributed by atoms with van der Waals surface area (Å²) in [4.78, 5) is 22.5. The van der Waals surface area contributed by atoms with Gasteiger partial charge in [0.2, 0.25) is 11.9 Å². The van der Waals surface area contributed by atoms with Crippen molar-refractivity contribution in [1.29, 1.82) is 0 Å². The highest BCUT2D eigenvalue weighted by Crippen LogP contribution is 2.20. The molecular weight excluding hydrogens is 322 g/mol. The number of hydrogen-bond acceptors (Lipinski definition) is 5. The average Bonchev–Trinajstić information content (AvgIpc) is 2.48. The van der Waals surface area contributed by atoms with Crippen LogP contribution in [0.5, 0.6) is 0 Å². The van der Waals surface area contributed by atoms with Gasteiger partial charge in [0.1, 0.15) is 5.82 Å². The number of rotatable bonds is 5. The van der Waals surface area contributed by atoms with Crippen LogP contribution in [0.3, 0.4) is 0 Å². The fourth-order valence-electron chi connectivity index (χ4n) is 2.15. The molecule has 1 saturated heterocycles. The molecule has 0 radical (unpaired) electrons. The molecule has 20 heavy (non-hydrogen) atoms. The highest BCUT2D eigenvalue weighted by molar-refractivity contribution is 9.10. The third-order valence-electron chi connectivity index (χ3n) is 3.19. The zero-order chi connectivity index (χ0) is 14.4. The van der Waals surface area contributed by atoms with E-state index in [-0.39, 0.29) is 12.5 Å². The molecule has 2 rings (SSSR count).